The molecule has 0 bridgehead atoms. The van der Waals surface area contributed by atoms with Gasteiger partial charge in [-0.05, 0) is 13.8 Å². The number of urea groups is 1. The van der Waals surface area contributed by atoms with Crippen LogP contribution in [0.15, 0.2) is 4.52 Å². The third-order valence-corrected chi connectivity index (χ3v) is 4.09. The Hall–Kier alpha value is -2.03. The van der Waals surface area contributed by atoms with Crippen molar-refractivity contribution in [3.8, 4) is 0 Å². The lowest BCUT2D eigenvalue weighted by Crippen LogP contribution is -2.37. The van der Waals surface area contributed by atoms with Gasteiger partial charge in [0.2, 0.25) is 0 Å². The number of aryl methyl sites for hydroxylation is 2. The Morgan fingerprint density at radius 1 is 1.45 bits per heavy atom. The Balaban J connectivity index is 1.68. The highest BCUT2D eigenvalue weighted by molar-refractivity contribution is 7.99. The summed E-state index contributed by atoms with van der Waals surface area (Å²) in [6.07, 6.45) is 0. The first-order valence-electron chi connectivity index (χ1n) is 6.72. The van der Waals surface area contributed by atoms with Crippen molar-refractivity contribution in [2.24, 2.45) is 0 Å². The maximum atomic E-state index is 11.7. The fourth-order valence-electron chi connectivity index (χ4n) is 1.92. The second-order valence-corrected chi connectivity index (χ2v) is 5.72. The predicted molar refractivity (Wildman–Crippen MR) is 78.2 cm³/mol. The number of hydrogen-bond acceptors (Lipinski definition) is 7. The highest BCUT2D eigenvalue weighted by atomic mass is 32.2. The molecule has 1 aliphatic heterocycles. The van der Waals surface area contributed by atoms with Crippen LogP contribution in [0, 0.1) is 13.8 Å². The van der Waals surface area contributed by atoms with Crippen LogP contribution in [-0.4, -0.2) is 53.4 Å². The molecule has 22 heavy (non-hydrogen) atoms. The number of carbonyl (C=O) groups excluding carboxylic acids is 3. The van der Waals surface area contributed by atoms with Gasteiger partial charge >= 0.3 is 12.0 Å². The van der Waals surface area contributed by atoms with Crippen molar-refractivity contribution in [3.63, 3.8) is 0 Å². The average molecular weight is 327 g/mol. The first kappa shape index (κ1) is 16.3. The number of ether oxygens (including phenoxy) is 1. The lowest BCUT2D eigenvalue weighted by Gasteiger charge is -2.11. The van der Waals surface area contributed by atoms with Crippen molar-refractivity contribution in [1.82, 2.24) is 15.4 Å². The smallest absolute Gasteiger partial charge is 0.324 e. The van der Waals surface area contributed by atoms with Crippen LogP contribution in [0.25, 0.3) is 0 Å². The van der Waals surface area contributed by atoms with Crippen LogP contribution in [0.1, 0.15) is 17.0 Å². The average Bonchev–Trinajstić information content (AvgIpc) is 3.04. The van der Waals surface area contributed by atoms with E-state index in [0.29, 0.717) is 18.8 Å². The molecule has 9 heteroatoms. The van der Waals surface area contributed by atoms with Crippen molar-refractivity contribution >= 4 is 29.7 Å². The van der Waals surface area contributed by atoms with Gasteiger partial charge in [0.05, 0.1) is 11.4 Å². The summed E-state index contributed by atoms with van der Waals surface area (Å²) in [5.74, 6) is 0.417. The highest BCUT2D eigenvalue weighted by Crippen LogP contribution is 2.19. The van der Waals surface area contributed by atoms with Gasteiger partial charge in [-0.15, -0.1) is 11.8 Å². The number of nitrogens with one attached hydrogen (secondary N) is 1. The first-order chi connectivity index (χ1) is 10.5. The number of rotatable bonds is 6. The molecule has 1 N–H and O–H groups in total. The molecule has 0 radical (unpaired) electrons. The van der Waals surface area contributed by atoms with Crippen molar-refractivity contribution in [2.45, 2.75) is 19.6 Å². The molecule has 8 nitrogen and oxygen atoms in total. The van der Waals surface area contributed by atoms with Gasteiger partial charge < -0.3 is 14.6 Å². The maximum Gasteiger partial charge on any atom is 0.324 e. The fraction of sp³-hybridized carbons (Fsp3) is 0.538. The van der Waals surface area contributed by atoms with Gasteiger partial charge in [-0.2, -0.15) is 0 Å². The van der Waals surface area contributed by atoms with Gasteiger partial charge in [-0.25, -0.2) is 4.79 Å². The normalized spacial score (nSPS) is 14.1. The zero-order valence-corrected chi connectivity index (χ0v) is 13.2. The molecule has 1 aromatic rings. The minimum Gasteiger partial charge on any atom is -0.455 e. The quantitative estimate of drug-likeness (QED) is 0.764. The summed E-state index contributed by atoms with van der Waals surface area (Å²) < 4.78 is 9.91. The van der Waals surface area contributed by atoms with E-state index in [2.05, 4.69) is 10.5 Å². The minimum atomic E-state index is -0.515. The topological polar surface area (TPSA) is 102 Å². The molecule has 0 unspecified atom stereocenters. The number of esters is 1. The third-order valence-electron chi connectivity index (χ3n) is 3.16. The van der Waals surface area contributed by atoms with E-state index in [1.807, 2.05) is 13.8 Å². The summed E-state index contributed by atoms with van der Waals surface area (Å²) in [4.78, 5) is 35.6. The van der Waals surface area contributed by atoms with E-state index in [1.165, 1.54) is 11.8 Å². The molecule has 1 fully saturated rings. The van der Waals surface area contributed by atoms with Crippen molar-refractivity contribution in [2.75, 3.05) is 25.4 Å². The van der Waals surface area contributed by atoms with Gasteiger partial charge in [0.25, 0.3) is 5.91 Å². The van der Waals surface area contributed by atoms with E-state index in [4.69, 9.17) is 9.26 Å². The van der Waals surface area contributed by atoms with Gasteiger partial charge in [0.1, 0.15) is 5.76 Å². The lowest BCUT2D eigenvalue weighted by atomic mass is 10.2. The number of hydrogen-bond donors (Lipinski definition) is 1. The Morgan fingerprint density at radius 2 is 2.23 bits per heavy atom. The van der Waals surface area contributed by atoms with Crippen molar-refractivity contribution in [3.05, 3.63) is 17.0 Å². The summed E-state index contributed by atoms with van der Waals surface area (Å²) in [6, 6.07) is -0.450. The van der Waals surface area contributed by atoms with Crippen molar-refractivity contribution in [1.29, 1.82) is 0 Å². The van der Waals surface area contributed by atoms with E-state index in [9.17, 15) is 14.4 Å². The lowest BCUT2D eigenvalue weighted by molar-refractivity contribution is -0.148. The fourth-order valence-corrected chi connectivity index (χ4v) is 2.88. The molecule has 0 spiro atoms. The van der Waals surface area contributed by atoms with E-state index < -0.39 is 24.5 Å². The first-order valence-corrected chi connectivity index (χ1v) is 7.88. The van der Waals surface area contributed by atoms with E-state index >= 15 is 0 Å². The van der Waals surface area contributed by atoms with Gasteiger partial charge in [-0.1, -0.05) is 5.16 Å². The molecule has 0 saturated carbocycles. The Labute approximate surface area is 131 Å². The summed E-state index contributed by atoms with van der Waals surface area (Å²) in [5, 5.41) is 6.34. The molecule has 0 aliphatic carbocycles. The molecule has 0 aromatic carbocycles. The molecule has 3 amide bonds. The Kier molecular flexibility index (Phi) is 5.42. The maximum absolute atomic E-state index is 11.7. The zero-order valence-electron chi connectivity index (χ0n) is 12.4. The van der Waals surface area contributed by atoms with E-state index in [1.54, 1.807) is 0 Å². The number of amides is 3. The van der Waals surface area contributed by atoms with Gasteiger partial charge in [-0.3, -0.25) is 14.5 Å². The van der Waals surface area contributed by atoms with Crippen LogP contribution in [0.2, 0.25) is 0 Å². The molecule has 1 saturated heterocycles. The Morgan fingerprint density at radius 3 is 2.82 bits per heavy atom. The van der Waals surface area contributed by atoms with Crippen molar-refractivity contribution < 1.29 is 23.6 Å². The number of thioether (sulfide) groups is 1. The van der Waals surface area contributed by atoms with Crippen LogP contribution < -0.4 is 5.32 Å². The molecule has 1 aromatic heterocycles. The van der Waals surface area contributed by atoms with Crippen LogP contribution >= 0.6 is 11.8 Å². The molecule has 1 aliphatic rings. The summed E-state index contributed by atoms with van der Waals surface area (Å²) in [6.45, 7) is 3.96. The SMILES string of the molecule is Cc1noc(C)c1CSCC(=O)OCC(=O)N1CCNC1=O. The minimum absolute atomic E-state index is 0.115. The molecule has 2 rings (SSSR count). The second kappa shape index (κ2) is 7.30. The zero-order chi connectivity index (χ0) is 16.1. The van der Waals surface area contributed by atoms with Gasteiger partial charge in [0.15, 0.2) is 6.61 Å². The number of imide groups is 1. The number of aromatic nitrogens is 1. The second-order valence-electron chi connectivity index (χ2n) is 4.73. The molecular formula is C13H17N3O5S. The molecule has 2 heterocycles. The molecule has 0 atom stereocenters. The summed E-state index contributed by atoms with van der Waals surface area (Å²) in [7, 11) is 0. The summed E-state index contributed by atoms with van der Waals surface area (Å²) in [5.41, 5.74) is 1.76. The highest BCUT2D eigenvalue weighted by Gasteiger charge is 2.26. The van der Waals surface area contributed by atoms with Crippen LogP contribution in [0.4, 0.5) is 4.79 Å². The van der Waals surface area contributed by atoms with Crippen LogP contribution in [0.5, 0.6) is 0 Å². The van der Waals surface area contributed by atoms with Crippen LogP contribution in [-0.2, 0) is 20.1 Å². The largest absolute Gasteiger partial charge is 0.455 e. The monoisotopic (exact) mass is 327 g/mol. The third kappa shape index (κ3) is 4.00. The molecule has 120 valence electrons. The van der Waals surface area contributed by atoms with E-state index in [0.717, 1.165) is 21.9 Å². The van der Waals surface area contributed by atoms with E-state index in [-0.39, 0.29) is 5.75 Å². The number of nitrogens with zero attached hydrogens (tertiary/aromatic N) is 2. The standard InChI is InChI=1S/C13H17N3O5S/c1-8-10(9(2)21-15-8)6-22-7-12(18)20-5-11(17)16-4-3-14-13(16)19/h3-7H2,1-2H3,(H,14,19). The molecular weight excluding hydrogens is 310 g/mol. The van der Waals surface area contributed by atoms with Crippen LogP contribution in [0.3, 0.4) is 0 Å². The summed E-state index contributed by atoms with van der Waals surface area (Å²) >= 11 is 1.35. The van der Waals surface area contributed by atoms with Gasteiger partial charge in [0, 0.05) is 24.4 Å². The Bertz CT molecular complexity index is 567. The number of carbonyl (C=O) groups is 3. The predicted octanol–water partition coefficient (Wildman–Crippen LogP) is 0.620.